The zero-order valence-corrected chi connectivity index (χ0v) is 12.7. The van der Waals surface area contributed by atoms with Crippen molar-refractivity contribution in [2.45, 2.75) is 11.8 Å². The van der Waals surface area contributed by atoms with Crippen molar-refractivity contribution in [2.75, 3.05) is 0 Å². The lowest BCUT2D eigenvalue weighted by molar-refractivity contribution is 0.799. The number of nitrogens with zero attached hydrogens (tertiary/aromatic N) is 2. The van der Waals surface area contributed by atoms with E-state index in [-0.39, 0.29) is 10.4 Å². The fourth-order valence-corrected chi connectivity index (χ4v) is 3.21. The van der Waals surface area contributed by atoms with Gasteiger partial charge in [0.05, 0.1) is 27.6 Å². The topological polar surface area (TPSA) is 50.7 Å². The summed E-state index contributed by atoms with van der Waals surface area (Å²) in [7, 11) is 1.82. The number of benzene rings is 1. The SMILES string of the molecule is CC(Br)c1ccc2c([nH]c(=O)c3cnn(C)c32)c1Cl. The first-order valence-electron chi connectivity index (χ1n) is 5.81. The van der Waals surface area contributed by atoms with Gasteiger partial charge in [-0.2, -0.15) is 5.10 Å². The highest BCUT2D eigenvalue weighted by Gasteiger charge is 2.15. The van der Waals surface area contributed by atoms with E-state index in [1.165, 1.54) is 0 Å². The number of aryl methyl sites for hydroxylation is 1. The maximum absolute atomic E-state index is 12.1. The van der Waals surface area contributed by atoms with Crippen molar-refractivity contribution in [1.29, 1.82) is 0 Å². The summed E-state index contributed by atoms with van der Waals surface area (Å²) in [4.78, 5) is 15.0. The summed E-state index contributed by atoms with van der Waals surface area (Å²) in [6, 6.07) is 3.93. The van der Waals surface area contributed by atoms with E-state index >= 15 is 0 Å². The zero-order chi connectivity index (χ0) is 13.7. The van der Waals surface area contributed by atoms with Gasteiger partial charge in [0.15, 0.2) is 0 Å². The number of nitrogens with one attached hydrogen (secondary N) is 1. The van der Waals surface area contributed by atoms with Gasteiger partial charge in [0, 0.05) is 17.3 Å². The zero-order valence-electron chi connectivity index (χ0n) is 10.4. The number of aromatic amines is 1. The Morgan fingerprint density at radius 3 is 2.84 bits per heavy atom. The lowest BCUT2D eigenvalue weighted by Gasteiger charge is -2.10. The molecular weight excluding hydrogens is 330 g/mol. The fourth-order valence-electron chi connectivity index (χ4n) is 2.32. The Kier molecular flexibility index (Phi) is 2.91. The molecule has 0 aliphatic heterocycles. The molecule has 1 atom stereocenters. The molecule has 98 valence electrons. The fraction of sp³-hybridized carbons (Fsp3) is 0.231. The average molecular weight is 341 g/mol. The highest BCUT2D eigenvalue weighted by molar-refractivity contribution is 9.09. The van der Waals surface area contributed by atoms with Crippen LogP contribution in [-0.2, 0) is 7.05 Å². The summed E-state index contributed by atoms with van der Waals surface area (Å²) < 4.78 is 1.69. The number of rotatable bonds is 1. The van der Waals surface area contributed by atoms with Gasteiger partial charge in [0.25, 0.3) is 5.56 Å². The number of alkyl halides is 1. The molecule has 0 amide bonds. The van der Waals surface area contributed by atoms with Gasteiger partial charge in [0.2, 0.25) is 0 Å². The predicted octanol–water partition coefficient (Wildman–Crippen LogP) is 3.52. The van der Waals surface area contributed by atoms with Crippen molar-refractivity contribution >= 4 is 49.3 Å². The normalized spacial score (nSPS) is 13.3. The minimum atomic E-state index is -0.170. The van der Waals surface area contributed by atoms with Gasteiger partial charge < -0.3 is 4.98 Å². The van der Waals surface area contributed by atoms with Crippen LogP contribution < -0.4 is 5.56 Å². The standard InChI is InChI=1S/C13H11BrClN3O/c1-6(14)7-3-4-8-11(10(7)15)17-13(19)9-5-16-18(2)12(8)9/h3-6H,1-2H3,(H,17,19). The molecule has 2 aromatic heterocycles. The molecule has 6 heteroatoms. The molecule has 0 saturated carbocycles. The van der Waals surface area contributed by atoms with Crippen LogP contribution >= 0.6 is 27.5 Å². The minimum Gasteiger partial charge on any atom is -0.320 e. The number of halogens is 2. The van der Waals surface area contributed by atoms with E-state index < -0.39 is 0 Å². The number of pyridine rings is 1. The van der Waals surface area contributed by atoms with Crippen LogP contribution in [-0.4, -0.2) is 14.8 Å². The molecule has 0 saturated heterocycles. The molecule has 0 aliphatic carbocycles. The van der Waals surface area contributed by atoms with Crippen LogP contribution in [0.5, 0.6) is 0 Å². The van der Waals surface area contributed by atoms with Gasteiger partial charge in [-0.25, -0.2) is 0 Å². The number of H-pyrrole nitrogens is 1. The highest BCUT2D eigenvalue weighted by Crippen LogP contribution is 2.35. The Morgan fingerprint density at radius 2 is 2.16 bits per heavy atom. The summed E-state index contributed by atoms with van der Waals surface area (Å²) in [6.07, 6.45) is 1.57. The Hall–Kier alpha value is -1.33. The maximum Gasteiger partial charge on any atom is 0.259 e. The molecule has 0 bridgehead atoms. The third-order valence-corrected chi connectivity index (χ3v) is 4.18. The van der Waals surface area contributed by atoms with E-state index in [1.54, 1.807) is 10.9 Å². The average Bonchev–Trinajstić information content (AvgIpc) is 2.74. The molecule has 0 aliphatic rings. The summed E-state index contributed by atoms with van der Waals surface area (Å²) >= 11 is 9.90. The van der Waals surface area contributed by atoms with Crippen LogP contribution in [0.1, 0.15) is 17.3 Å². The predicted molar refractivity (Wildman–Crippen MR) is 81.2 cm³/mol. The highest BCUT2D eigenvalue weighted by atomic mass is 79.9. The first kappa shape index (κ1) is 12.7. The third-order valence-electron chi connectivity index (χ3n) is 3.28. The lowest BCUT2D eigenvalue weighted by atomic mass is 10.1. The van der Waals surface area contributed by atoms with Gasteiger partial charge in [-0.1, -0.05) is 39.7 Å². The first-order chi connectivity index (χ1) is 9.00. The summed E-state index contributed by atoms with van der Waals surface area (Å²) in [5.41, 5.74) is 2.24. The van der Waals surface area contributed by atoms with Crippen molar-refractivity contribution in [1.82, 2.24) is 14.8 Å². The van der Waals surface area contributed by atoms with Gasteiger partial charge in [-0.15, -0.1) is 0 Å². The van der Waals surface area contributed by atoms with Crippen LogP contribution in [0.2, 0.25) is 5.02 Å². The monoisotopic (exact) mass is 339 g/mol. The van der Waals surface area contributed by atoms with E-state index in [4.69, 9.17) is 11.6 Å². The molecule has 0 radical (unpaired) electrons. The molecule has 0 fully saturated rings. The second kappa shape index (κ2) is 4.35. The number of hydrogen-bond acceptors (Lipinski definition) is 2. The molecule has 1 N–H and O–H groups in total. The van der Waals surface area contributed by atoms with E-state index in [2.05, 4.69) is 26.0 Å². The van der Waals surface area contributed by atoms with Crippen LogP contribution in [0.25, 0.3) is 21.8 Å². The molecule has 0 spiro atoms. The molecule has 3 aromatic rings. The third kappa shape index (κ3) is 1.80. The van der Waals surface area contributed by atoms with Gasteiger partial charge in [0.1, 0.15) is 0 Å². The number of fused-ring (bicyclic) bond motifs is 3. The van der Waals surface area contributed by atoms with Crippen LogP contribution in [0.3, 0.4) is 0 Å². The Labute approximate surface area is 122 Å². The van der Waals surface area contributed by atoms with Gasteiger partial charge in [-0.05, 0) is 12.5 Å². The minimum absolute atomic E-state index is 0.120. The quantitative estimate of drug-likeness (QED) is 0.689. The number of hydrogen-bond donors (Lipinski definition) is 1. The molecule has 3 rings (SSSR count). The van der Waals surface area contributed by atoms with Crippen LogP contribution in [0.15, 0.2) is 23.1 Å². The second-order valence-electron chi connectivity index (χ2n) is 4.49. The lowest BCUT2D eigenvalue weighted by Crippen LogP contribution is -2.07. The molecular formula is C13H11BrClN3O. The Morgan fingerprint density at radius 1 is 1.42 bits per heavy atom. The number of aromatic nitrogens is 3. The van der Waals surface area contributed by atoms with Crippen molar-refractivity contribution in [2.24, 2.45) is 7.05 Å². The van der Waals surface area contributed by atoms with E-state index in [1.807, 2.05) is 26.1 Å². The molecule has 19 heavy (non-hydrogen) atoms. The van der Waals surface area contributed by atoms with Crippen molar-refractivity contribution in [3.8, 4) is 0 Å². The second-order valence-corrected chi connectivity index (χ2v) is 6.24. The van der Waals surface area contributed by atoms with Crippen molar-refractivity contribution < 1.29 is 0 Å². The molecule has 1 aromatic carbocycles. The van der Waals surface area contributed by atoms with E-state index in [9.17, 15) is 4.79 Å². The Bertz CT molecular complexity index is 850. The largest absolute Gasteiger partial charge is 0.320 e. The van der Waals surface area contributed by atoms with Crippen LogP contribution in [0.4, 0.5) is 0 Å². The summed E-state index contributed by atoms with van der Waals surface area (Å²) in [6.45, 7) is 1.99. The van der Waals surface area contributed by atoms with Crippen molar-refractivity contribution in [3.05, 3.63) is 39.3 Å². The Balaban J connectivity index is 2.56. The van der Waals surface area contributed by atoms with Crippen LogP contribution in [0, 0.1) is 0 Å². The summed E-state index contributed by atoms with van der Waals surface area (Å²) in [5.74, 6) is 0. The van der Waals surface area contributed by atoms with Gasteiger partial charge in [-0.3, -0.25) is 9.48 Å². The van der Waals surface area contributed by atoms with E-state index in [0.717, 1.165) is 16.5 Å². The molecule has 1 unspecified atom stereocenters. The first-order valence-corrected chi connectivity index (χ1v) is 7.10. The van der Waals surface area contributed by atoms with Crippen molar-refractivity contribution in [3.63, 3.8) is 0 Å². The molecule has 2 heterocycles. The molecule has 4 nitrogen and oxygen atoms in total. The van der Waals surface area contributed by atoms with E-state index in [0.29, 0.717) is 15.9 Å². The summed E-state index contributed by atoms with van der Waals surface area (Å²) in [5, 5.41) is 6.18. The smallest absolute Gasteiger partial charge is 0.259 e. The maximum atomic E-state index is 12.1. The van der Waals surface area contributed by atoms with Gasteiger partial charge >= 0.3 is 0 Å².